The first kappa shape index (κ1) is 83.5. The highest BCUT2D eigenvalue weighted by molar-refractivity contribution is 9.09. The van der Waals surface area contributed by atoms with E-state index in [0.29, 0.717) is 97.6 Å². The number of carbonyl (C=O) groups is 6. The van der Waals surface area contributed by atoms with E-state index in [2.05, 4.69) is 91.2 Å². The van der Waals surface area contributed by atoms with Crippen LogP contribution in [0.2, 0.25) is 0 Å². The highest BCUT2D eigenvalue weighted by Gasteiger charge is 2.39. The van der Waals surface area contributed by atoms with E-state index in [0.717, 1.165) is 123 Å². The van der Waals surface area contributed by atoms with Crippen molar-refractivity contribution in [3.05, 3.63) is 138 Å². The van der Waals surface area contributed by atoms with Crippen molar-refractivity contribution in [3.8, 4) is 17.2 Å². The fourth-order valence-electron chi connectivity index (χ4n) is 13.8. The Bertz CT molecular complexity index is 4460. The highest BCUT2D eigenvalue weighted by atomic mass is 79.9. The first-order chi connectivity index (χ1) is 48.3. The molecule has 6 aliphatic heterocycles. The summed E-state index contributed by atoms with van der Waals surface area (Å²) in [6.45, 7) is 21.7. The van der Waals surface area contributed by atoms with Gasteiger partial charge in [0.05, 0.1) is 11.4 Å². The number of aromatic nitrogens is 1. The average molecular weight is 1760 g/mol. The van der Waals surface area contributed by atoms with Crippen LogP contribution in [0.3, 0.4) is 0 Å². The molecule has 3 atom stereocenters. The fraction of sp³-hybridized carbons (Fsp3) is 0.429. The molecule has 3 fully saturated rings. The molecule has 28 heteroatoms. The van der Waals surface area contributed by atoms with Crippen LogP contribution in [0.5, 0.6) is 17.2 Å². The summed E-state index contributed by atoms with van der Waals surface area (Å²) in [6.07, 6.45) is -1.94. The predicted molar refractivity (Wildman–Crippen MR) is 442 cm³/mol. The molecule has 7 heterocycles. The third kappa shape index (κ3) is 19.0. The monoisotopic (exact) mass is 1750 g/mol. The lowest BCUT2D eigenvalue weighted by molar-refractivity contribution is 0.0580. The minimum Gasteiger partial charge on any atom is -0.444 e. The van der Waals surface area contributed by atoms with Gasteiger partial charge >= 0.3 is 30.5 Å². The number of amides is 6. The minimum atomic E-state index is -0.616. The van der Waals surface area contributed by atoms with E-state index in [1.807, 2.05) is 126 Å². The fourth-order valence-corrected chi connectivity index (χ4v) is 15.4. The number of rotatable bonds is 8. The van der Waals surface area contributed by atoms with Crippen LogP contribution in [0.4, 0.5) is 46.7 Å². The van der Waals surface area contributed by atoms with Crippen LogP contribution < -0.4 is 34.6 Å². The van der Waals surface area contributed by atoms with Gasteiger partial charge in [0.1, 0.15) is 34.1 Å². The summed E-state index contributed by atoms with van der Waals surface area (Å²) in [5, 5.41) is 15.1. The van der Waals surface area contributed by atoms with E-state index in [1.54, 1.807) is 63.5 Å². The van der Waals surface area contributed by atoms with Crippen LogP contribution in [0.25, 0.3) is 43.2 Å². The SMILES string of the molecule is Br.Br.C.CN1CCN(C(=O)Oc2cc3c(c4ccccc24)[C@H](CBr)CN3)CC1.CN1CCN(C(=O)Oc2cc3c(c4ccccc24)[C@H](CBr)CN3C(=O)OC(C)(C)C)CC1.CN1CCN(C(=O)Oc2cc3c(c4ccccc24)[C@H](CBr)CN3C(=O)c2cc3cc(NC(=O)OC(C)(C)C)ccc3[nH]2)CC1.[B]. The molecule has 3 radical (unpaired) electrons. The molecule has 0 saturated carbocycles. The van der Waals surface area contributed by atoms with E-state index >= 15 is 0 Å². The second-order valence-electron chi connectivity index (χ2n) is 28.6. The molecule has 0 spiro atoms. The van der Waals surface area contributed by atoms with Crippen molar-refractivity contribution in [2.24, 2.45) is 0 Å². The van der Waals surface area contributed by atoms with Crippen molar-refractivity contribution in [1.29, 1.82) is 0 Å². The first-order valence-corrected chi connectivity index (χ1v) is 37.7. The normalized spacial score (nSPS) is 17.9. The molecule has 7 aromatic carbocycles. The van der Waals surface area contributed by atoms with Crippen LogP contribution in [-0.4, -0.2) is 226 Å². The molecule has 14 rings (SSSR count). The highest BCUT2D eigenvalue weighted by Crippen LogP contribution is 2.49. The van der Waals surface area contributed by atoms with E-state index in [9.17, 15) is 28.8 Å². The van der Waals surface area contributed by atoms with Crippen LogP contribution in [0, 0.1) is 0 Å². The number of anilines is 4. The standard InChI is InChI=1S/C33H36BrN5O5.C24H30BrN3O4.C19H22BrN3O2.CH4.B.2BrH/c1-33(2,3)44-31(41)35-22-9-10-25-20(15-22)16-26(36-25)30(40)39-19-21(18-34)29-24-8-6-5-7-23(24)28(17-27(29)39)43-32(42)38-13-11-37(4)12-14-38;1-24(2,3)32-23(30)28-15-16(14-25)21-18-8-6-5-7-17(18)20(13-19(21)28)31-22(29)27-11-9-26(4)10-12-27;1-22-6-8-23(9-7-22)19(24)25-17-10-16-18(13(11-20)12-21-16)15-5-3-2-4-14(15)17;;;;/h5-10,15-17,21,36H,11-14,18-19H2,1-4H3,(H,35,41);5-8,13,16H,9-12,14-15H2,1-4H3;2-5,10,13,21H,6-9,11-12H2,1H3;1H4;;2*1H/t21-;16-;13-;;;;/m111..../s1. The number of alkyl halides is 3. The van der Waals surface area contributed by atoms with Crippen LogP contribution >= 0.6 is 81.8 Å². The number of hydrogen-bond donors (Lipinski definition) is 3. The van der Waals surface area contributed by atoms with Gasteiger partial charge in [-0.2, -0.15) is 0 Å². The quantitative estimate of drug-likeness (QED) is 0.0953. The van der Waals surface area contributed by atoms with Gasteiger partial charge in [-0.25, -0.2) is 24.0 Å². The van der Waals surface area contributed by atoms with E-state index in [-0.39, 0.29) is 85.8 Å². The molecule has 22 nitrogen and oxygen atoms in total. The maximum atomic E-state index is 14.1. The zero-order valence-electron chi connectivity index (χ0n) is 60.0. The molecule has 561 valence electrons. The zero-order valence-corrected chi connectivity index (χ0v) is 68.2. The summed E-state index contributed by atoms with van der Waals surface area (Å²) in [5.74, 6) is 1.94. The Labute approximate surface area is 662 Å². The van der Waals surface area contributed by atoms with Gasteiger partial charge in [-0.3, -0.25) is 15.0 Å². The van der Waals surface area contributed by atoms with Gasteiger partial charge in [-0.15, -0.1) is 34.0 Å². The van der Waals surface area contributed by atoms with Crippen molar-refractivity contribution in [3.63, 3.8) is 0 Å². The van der Waals surface area contributed by atoms with Crippen LogP contribution in [-0.2, 0) is 9.47 Å². The number of H-pyrrole nitrogens is 1. The molecule has 6 amide bonds. The molecule has 0 unspecified atom stereocenters. The third-order valence-corrected chi connectivity index (χ3v) is 21.4. The number of carbonyl (C=O) groups excluding carboxylic acids is 6. The first-order valence-electron chi connectivity index (χ1n) is 34.4. The molecular formula is C77H94BBr5N11O11. The summed E-state index contributed by atoms with van der Waals surface area (Å²) in [7, 11) is 6.15. The van der Waals surface area contributed by atoms with Gasteiger partial charge in [0.15, 0.2) is 0 Å². The van der Waals surface area contributed by atoms with Crippen LogP contribution in [0.1, 0.15) is 93.9 Å². The lowest BCUT2D eigenvalue weighted by Gasteiger charge is -2.31. The maximum Gasteiger partial charge on any atom is 0.415 e. The number of halogens is 5. The Morgan fingerprint density at radius 2 is 0.867 bits per heavy atom. The number of fused-ring (bicyclic) bond motifs is 10. The topological polar surface area (TPSA) is 214 Å². The van der Waals surface area contributed by atoms with Crippen molar-refractivity contribution in [2.45, 2.75) is 77.9 Å². The van der Waals surface area contributed by atoms with Gasteiger partial charge in [-0.1, -0.05) is 128 Å². The zero-order chi connectivity index (χ0) is 71.6. The Kier molecular flexibility index (Phi) is 28.4. The molecule has 1 aromatic heterocycles. The molecule has 105 heavy (non-hydrogen) atoms. The van der Waals surface area contributed by atoms with Gasteiger partial charge in [0.2, 0.25) is 0 Å². The van der Waals surface area contributed by atoms with Gasteiger partial charge in [0.25, 0.3) is 5.91 Å². The van der Waals surface area contributed by atoms with E-state index < -0.39 is 23.4 Å². The van der Waals surface area contributed by atoms with Crippen molar-refractivity contribution >= 4 is 193 Å². The second-order valence-corrected chi connectivity index (χ2v) is 30.6. The third-order valence-electron chi connectivity index (χ3n) is 19.0. The number of likely N-dealkylation sites (N-methyl/N-ethyl adjacent to an activating group) is 3. The summed E-state index contributed by atoms with van der Waals surface area (Å²) < 4.78 is 28.8. The second kappa shape index (κ2) is 35.7. The number of nitrogens with one attached hydrogen (secondary N) is 3. The molecule has 0 bridgehead atoms. The molecule has 8 aromatic rings. The van der Waals surface area contributed by atoms with Crippen molar-refractivity contribution in [1.82, 2.24) is 34.4 Å². The maximum absolute atomic E-state index is 14.1. The lowest BCUT2D eigenvalue weighted by Crippen LogP contribution is -2.48. The Morgan fingerprint density at radius 3 is 1.29 bits per heavy atom. The average Bonchev–Trinajstić information content (AvgIpc) is 1.63. The molecule has 0 aliphatic carbocycles. The number of benzene rings is 7. The minimum absolute atomic E-state index is 0. The van der Waals surface area contributed by atoms with Crippen molar-refractivity contribution < 1.29 is 52.5 Å². The smallest absolute Gasteiger partial charge is 0.415 e. The summed E-state index contributed by atoms with van der Waals surface area (Å²) in [6, 6.07) is 36.7. The Balaban J connectivity index is 0.000000203. The summed E-state index contributed by atoms with van der Waals surface area (Å²) >= 11 is 10.9. The number of hydrogen-bond acceptors (Lipinski definition) is 15. The summed E-state index contributed by atoms with van der Waals surface area (Å²) in [5.41, 5.74) is 6.50. The lowest BCUT2D eigenvalue weighted by atomic mass is 9.95. The molecule has 3 N–H and O–H groups in total. The van der Waals surface area contributed by atoms with Gasteiger partial charge in [-0.05, 0) is 120 Å². The number of aromatic amines is 1. The van der Waals surface area contributed by atoms with Gasteiger partial charge in [0, 0.05) is 197 Å². The number of piperazine rings is 3. The van der Waals surface area contributed by atoms with Crippen molar-refractivity contribution in [2.75, 3.05) is 156 Å². The summed E-state index contributed by atoms with van der Waals surface area (Å²) in [4.78, 5) is 96.6. The van der Waals surface area contributed by atoms with Gasteiger partial charge < -0.3 is 68.3 Å². The van der Waals surface area contributed by atoms with E-state index in [4.69, 9.17) is 23.7 Å². The molecule has 6 aliphatic rings. The Morgan fingerprint density at radius 1 is 0.476 bits per heavy atom. The molecular weight excluding hydrogens is 1670 g/mol. The predicted octanol–water partition coefficient (Wildman–Crippen LogP) is 16.3. The van der Waals surface area contributed by atoms with E-state index in [1.165, 1.54) is 5.56 Å². The van der Waals surface area contributed by atoms with Crippen LogP contribution in [0.15, 0.2) is 115 Å². The molecule has 3 saturated heterocycles. The Hall–Kier alpha value is -7.18. The largest absolute Gasteiger partial charge is 0.444 e. The number of nitrogens with zero attached hydrogens (tertiary/aromatic N) is 8. The number of ether oxygens (including phenoxy) is 5.